The molecule has 0 aromatic heterocycles. The van der Waals surface area contributed by atoms with E-state index in [1.165, 1.54) is 0 Å². The van der Waals surface area contributed by atoms with E-state index in [-0.39, 0.29) is 5.91 Å². The fourth-order valence-corrected chi connectivity index (χ4v) is 2.65. The lowest BCUT2D eigenvalue weighted by molar-refractivity contribution is 0.0976. The molecule has 0 fully saturated rings. The molecule has 0 saturated heterocycles. The third-order valence-corrected chi connectivity index (χ3v) is 4.03. The Morgan fingerprint density at radius 2 is 1.95 bits per heavy atom. The molecule has 0 unspecified atom stereocenters. The summed E-state index contributed by atoms with van der Waals surface area (Å²) in [5, 5.41) is 0. The largest absolute Gasteiger partial charge is 0.490 e. The molecule has 1 amide bonds. The molecule has 1 aliphatic heterocycles. The number of carbonyl (C=O) groups excluding carboxylic acids is 1. The van der Waals surface area contributed by atoms with Crippen molar-refractivity contribution >= 4 is 34.2 Å². The number of ether oxygens (including phenoxy) is 1. The molecule has 0 aliphatic carbocycles. The Bertz CT molecular complexity index is 652. The van der Waals surface area contributed by atoms with Crippen LogP contribution < -0.4 is 9.64 Å². The molecule has 3 rings (SSSR count). The van der Waals surface area contributed by atoms with E-state index < -0.39 is 0 Å². The smallest absolute Gasteiger partial charge is 0.258 e. The van der Waals surface area contributed by atoms with Gasteiger partial charge in [0.1, 0.15) is 12.4 Å². The molecule has 0 N–H and O–H groups in total. The number of carbonyl (C=O) groups is 1. The SMILES string of the molecule is Cc1ccc2c(c1)N(C(=O)c1ccc(I)cc1)CCO2. The molecular formula is C16H14INO2. The number of anilines is 1. The van der Waals surface area contributed by atoms with E-state index in [0.717, 1.165) is 20.6 Å². The molecule has 1 aliphatic rings. The fraction of sp³-hybridized carbons (Fsp3) is 0.188. The van der Waals surface area contributed by atoms with Gasteiger partial charge in [0.15, 0.2) is 0 Å². The molecule has 20 heavy (non-hydrogen) atoms. The van der Waals surface area contributed by atoms with Gasteiger partial charge in [-0.1, -0.05) is 6.07 Å². The van der Waals surface area contributed by atoms with Crippen molar-refractivity contribution in [2.75, 3.05) is 18.1 Å². The number of halogens is 1. The summed E-state index contributed by atoms with van der Waals surface area (Å²) < 4.78 is 6.74. The lowest BCUT2D eigenvalue weighted by Crippen LogP contribution is -2.38. The van der Waals surface area contributed by atoms with Crippen molar-refractivity contribution < 1.29 is 9.53 Å². The van der Waals surface area contributed by atoms with Gasteiger partial charge in [-0.25, -0.2) is 0 Å². The minimum Gasteiger partial charge on any atom is -0.490 e. The van der Waals surface area contributed by atoms with Crippen LogP contribution in [0.4, 0.5) is 5.69 Å². The number of hydrogen-bond acceptors (Lipinski definition) is 2. The maximum absolute atomic E-state index is 12.7. The number of benzene rings is 2. The second-order valence-electron chi connectivity index (χ2n) is 4.78. The third-order valence-electron chi connectivity index (χ3n) is 3.31. The molecular weight excluding hydrogens is 365 g/mol. The zero-order valence-electron chi connectivity index (χ0n) is 11.1. The second kappa shape index (κ2) is 5.44. The number of nitrogens with zero attached hydrogens (tertiary/aromatic N) is 1. The van der Waals surface area contributed by atoms with Crippen molar-refractivity contribution in [2.45, 2.75) is 6.92 Å². The van der Waals surface area contributed by atoms with Crippen molar-refractivity contribution in [1.82, 2.24) is 0 Å². The maximum atomic E-state index is 12.7. The number of fused-ring (bicyclic) bond motifs is 1. The molecule has 102 valence electrons. The van der Waals surface area contributed by atoms with Gasteiger partial charge in [0.25, 0.3) is 5.91 Å². The van der Waals surface area contributed by atoms with Gasteiger partial charge in [-0.3, -0.25) is 4.79 Å². The number of aryl methyl sites for hydroxylation is 1. The van der Waals surface area contributed by atoms with E-state index in [1.54, 1.807) is 4.90 Å². The van der Waals surface area contributed by atoms with Gasteiger partial charge in [-0.05, 0) is 71.5 Å². The highest BCUT2D eigenvalue weighted by Gasteiger charge is 2.24. The standard InChI is InChI=1S/C16H14INO2/c1-11-2-7-15-14(10-11)18(8-9-20-15)16(19)12-3-5-13(17)6-4-12/h2-7,10H,8-9H2,1H3. The Kier molecular flexibility index (Phi) is 3.65. The summed E-state index contributed by atoms with van der Waals surface area (Å²) in [4.78, 5) is 14.5. The van der Waals surface area contributed by atoms with Crippen LogP contribution >= 0.6 is 22.6 Å². The highest BCUT2D eigenvalue weighted by molar-refractivity contribution is 14.1. The summed E-state index contributed by atoms with van der Waals surface area (Å²) in [6, 6.07) is 13.6. The zero-order chi connectivity index (χ0) is 14.1. The van der Waals surface area contributed by atoms with E-state index in [0.29, 0.717) is 18.7 Å². The van der Waals surface area contributed by atoms with Gasteiger partial charge < -0.3 is 9.64 Å². The minimum atomic E-state index is 0.0246. The van der Waals surface area contributed by atoms with Crippen molar-refractivity contribution in [2.24, 2.45) is 0 Å². The molecule has 2 aromatic carbocycles. The van der Waals surface area contributed by atoms with Crippen molar-refractivity contribution in [3.8, 4) is 5.75 Å². The topological polar surface area (TPSA) is 29.5 Å². The van der Waals surface area contributed by atoms with E-state index in [2.05, 4.69) is 22.6 Å². The quantitative estimate of drug-likeness (QED) is 0.709. The van der Waals surface area contributed by atoms with Gasteiger partial charge >= 0.3 is 0 Å². The molecule has 0 atom stereocenters. The van der Waals surface area contributed by atoms with Crippen LogP contribution in [0.5, 0.6) is 5.75 Å². The van der Waals surface area contributed by atoms with Crippen LogP contribution in [0.2, 0.25) is 0 Å². The molecule has 3 nitrogen and oxygen atoms in total. The van der Waals surface area contributed by atoms with Gasteiger partial charge in [-0.15, -0.1) is 0 Å². The van der Waals surface area contributed by atoms with Crippen molar-refractivity contribution in [3.05, 3.63) is 57.2 Å². The van der Waals surface area contributed by atoms with Gasteiger partial charge in [-0.2, -0.15) is 0 Å². The van der Waals surface area contributed by atoms with Crippen LogP contribution in [0.1, 0.15) is 15.9 Å². The van der Waals surface area contributed by atoms with Crippen LogP contribution in [0.15, 0.2) is 42.5 Å². The summed E-state index contributed by atoms with van der Waals surface area (Å²) >= 11 is 2.23. The average molecular weight is 379 g/mol. The lowest BCUT2D eigenvalue weighted by atomic mass is 10.1. The first-order valence-electron chi connectivity index (χ1n) is 6.46. The van der Waals surface area contributed by atoms with E-state index in [9.17, 15) is 4.79 Å². The zero-order valence-corrected chi connectivity index (χ0v) is 13.3. The lowest BCUT2D eigenvalue weighted by Gasteiger charge is -2.30. The molecule has 0 bridgehead atoms. The Labute approximate surface area is 131 Å². The Balaban J connectivity index is 1.97. The fourth-order valence-electron chi connectivity index (χ4n) is 2.29. The first-order valence-corrected chi connectivity index (χ1v) is 7.54. The first-order chi connectivity index (χ1) is 9.65. The highest BCUT2D eigenvalue weighted by atomic mass is 127. The van der Waals surface area contributed by atoms with E-state index in [4.69, 9.17) is 4.74 Å². The third kappa shape index (κ3) is 2.52. The second-order valence-corrected chi connectivity index (χ2v) is 6.03. The van der Waals surface area contributed by atoms with Crippen molar-refractivity contribution in [1.29, 1.82) is 0 Å². The summed E-state index contributed by atoms with van der Waals surface area (Å²) in [5.74, 6) is 0.803. The van der Waals surface area contributed by atoms with E-state index in [1.807, 2.05) is 49.4 Å². The van der Waals surface area contributed by atoms with Gasteiger partial charge in [0.05, 0.1) is 12.2 Å². The minimum absolute atomic E-state index is 0.0246. The Morgan fingerprint density at radius 1 is 1.20 bits per heavy atom. The summed E-state index contributed by atoms with van der Waals surface area (Å²) in [5.41, 5.74) is 2.69. The average Bonchev–Trinajstić information content (AvgIpc) is 2.46. The van der Waals surface area contributed by atoms with Gasteiger partial charge in [0, 0.05) is 9.13 Å². The Hall–Kier alpha value is -1.56. The predicted molar refractivity (Wildman–Crippen MR) is 87.5 cm³/mol. The van der Waals surface area contributed by atoms with Crippen LogP contribution in [0.25, 0.3) is 0 Å². The molecule has 0 saturated carbocycles. The van der Waals surface area contributed by atoms with Crippen molar-refractivity contribution in [3.63, 3.8) is 0 Å². The predicted octanol–water partition coefficient (Wildman–Crippen LogP) is 3.64. The maximum Gasteiger partial charge on any atom is 0.258 e. The monoisotopic (exact) mass is 379 g/mol. The highest BCUT2D eigenvalue weighted by Crippen LogP contribution is 2.33. The molecule has 2 aromatic rings. The molecule has 1 heterocycles. The summed E-state index contributed by atoms with van der Waals surface area (Å²) in [7, 11) is 0. The van der Waals surface area contributed by atoms with E-state index >= 15 is 0 Å². The van der Waals surface area contributed by atoms with Crippen LogP contribution in [-0.4, -0.2) is 19.1 Å². The van der Waals surface area contributed by atoms with Crippen LogP contribution in [-0.2, 0) is 0 Å². The number of hydrogen-bond donors (Lipinski definition) is 0. The summed E-state index contributed by atoms with van der Waals surface area (Å²) in [6.07, 6.45) is 0. The molecule has 0 spiro atoms. The van der Waals surface area contributed by atoms with Crippen LogP contribution in [0.3, 0.4) is 0 Å². The number of rotatable bonds is 1. The summed E-state index contributed by atoms with van der Waals surface area (Å²) in [6.45, 7) is 3.13. The van der Waals surface area contributed by atoms with Gasteiger partial charge in [0.2, 0.25) is 0 Å². The molecule has 4 heteroatoms. The number of amides is 1. The molecule has 0 radical (unpaired) electrons. The first kappa shape index (κ1) is 13.4. The van der Waals surface area contributed by atoms with Crippen LogP contribution in [0, 0.1) is 10.5 Å². The normalized spacial score (nSPS) is 13.6. The Morgan fingerprint density at radius 3 is 2.70 bits per heavy atom.